The smallest absolute Gasteiger partial charge is 0.318 e. The van der Waals surface area contributed by atoms with E-state index in [1.165, 1.54) is 6.07 Å². The van der Waals surface area contributed by atoms with E-state index in [1.54, 1.807) is 6.92 Å². The van der Waals surface area contributed by atoms with Crippen LogP contribution in [0.2, 0.25) is 4.34 Å². The van der Waals surface area contributed by atoms with E-state index in [0.717, 1.165) is 15.6 Å². The van der Waals surface area contributed by atoms with E-state index in [9.17, 15) is 13.2 Å². The first-order valence-corrected chi connectivity index (χ1v) is 7.95. The van der Waals surface area contributed by atoms with Crippen LogP contribution in [0.3, 0.4) is 0 Å². The third kappa shape index (κ3) is 2.69. The Morgan fingerprint density at radius 2 is 2.22 bits per heavy atom. The van der Waals surface area contributed by atoms with Crippen molar-refractivity contribution >= 4 is 38.9 Å². The molecule has 1 aliphatic rings. The van der Waals surface area contributed by atoms with Gasteiger partial charge in [-0.1, -0.05) is 11.6 Å². The number of hydrogen-bond donors (Lipinski definition) is 1. The van der Waals surface area contributed by atoms with Crippen LogP contribution in [0.1, 0.15) is 18.4 Å². The summed E-state index contributed by atoms with van der Waals surface area (Å²) in [4.78, 5) is 10.8. The van der Waals surface area contributed by atoms with Gasteiger partial charge in [-0.15, -0.1) is 11.3 Å². The Kier molecular flexibility index (Phi) is 3.68. The van der Waals surface area contributed by atoms with E-state index < -0.39 is 22.5 Å². The molecule has 100 valence electrons. The maximum atomic E-state index is 12.3. The molecule has 1 N–H and O–H groups in total. The minimum absolute atomic E-state index is 0.109. The molecule has 0 saturated heterocycles. The first-order valence-electron chi connectivity index (χ1n) is 5.32. The number of rotatable bonds is 5. The van der Waals surface area contributed by atoms with Crippen LogP contribution < -0.4 is 0 Å². The van der Waals surface area contributed by atoms with Gasteiger partial charge < -0.3 is 5.11 Å². The number of aryl methyl sites for hydroxylation is 1. The largest absolute Gasteiger partial charge is 0.480 e. The Balaban J connectivity index is 2.35. The second-order valence-corrected chi connectivity index (χ2v) is 7.97. The Labute approximate surface area is 114 Å². The standard InChI is InChI=1S/C10H12ClNO4S2/c1-6-4-9(17-10(6)11)18(15,16)12(5-8(13)14)7-2-3-7/h4,7H,2-3,5H2,1H3,(H,13,14). The molecule has 2 rings (SSSR count). The molecule has 0 spiro atoms. The zero-order valence-corrected chi connectivity index (χ0v) is 12.0. The summed E-state index contributed by atoms with van der Waals surface area (Å²) in [6.45, 7) is 1.22. The van der Waals surface area contributed by atoms with Gasteiger partial charge in [0.25, 0.3) is 10.0 Å². The normalized spacial score (nSPS) is 16.2. The van der Waals surface area contributed by atoms with Crippen LogP contribution in [0.4, 0.5) is 0 Å². The predicted molar refractivity (Wildman–Crippen MR) is 68.6 cm³/mol. The van der Waals surface area contributed by atoms with Gasteiger partial charge in [0.05, 0.1) is 4.34 Å². The lowest BCUT2D eigenvalue weighted by Crippen LogP contribution is -2.37. The molecule has 1 fully saturated rings. The predicted octanol–water partition coefficient (Wildman–Crippen LogP) is 1.95. The lowest BCUT2D eigenvalue weighted by Gasteiger charge is -2.18. The van der Waals surface area contributed by atoms with Gasteiger partial charge in [-0.2, -0.15) is 4.31 Å². The lowest BCUT2D eigenvalue weighted by molar-refractivity contribution is -0.137. The molecule has 1 saturated carbocycles. The molecule has 0 bridgehead atoms. The first kappa shape index (κ1) is 13.8. The quantitative estimate of drug-likeness (QED) is 0.902. The summed E-state index contributed by atoms with van der Waals surface area (Å²) in [6.07, 6.45) is 1.43. The van der Waals surface area contributed by atoms with Crippen LogP contribution in [0.5, 0.6) is 0 Å². The summed E-state index contributed by atoms with van der Waals surface area (Å²) < 4.78 is 26.2. The molecule has 5 nitrogen and oxygen atoms in total. The van der Waals surface area contributed by atoms with Crippen molar-refractivity contribution in [3.63, 3.8) is 0 Å². The van der Waals surface area contributed by atoms with E-state index in [0.29, 0.717) is 22.7 Å². The number of carboxylic acids is 1. The summed E-state index contributed by atoms with van der Waals surface area (Å²) >= 11 is 6.83. The highest BCUT2D eigenvalue weighted by molar-refractivity contribution is 7.91. The maximum Gasteiger partial charge on any atom is 0.318 e. The summed E-state index contributed by atoms with van der Waals surface area (Å²) in [7, 11) is -3.75. The summed E-state index contributed by atoms with van der Waals surface area (Å²) in [5.74, 6) is -1.15. The van der Waals surface area contributed by atoms with Crippen molar-refractivity contribution in [1.29, 1.82) is 0 Å². The van der Waals surface area contributed by atoms with E-state index >= 15 is 0 Å². The van der Waals surface area contributed by atoms with Crippen molar-refractivity contribution in [2.45, 2.75) is 30.0 Å². The zero-order chi connectivity index (χ0) is 13.5. The van der Waals surface area contributed by atoms with Crippen LogP contribution in [-0.2, 0) is 14.8 Å². The molecule has 18 heavy (non-hydrogen) atoms. The second kappa shape index (κ2) is 4.80. The van der Waals surface area contributed by atoms with Gasteiger partial charge in [0.1, 0.15) is 10.8 Å². The Hall–Kier alpha value is -0.630. The minimum atomic E-state index is -3.75. The van der Waals surface area contributed by atoms with E-state index in [4.69, 9.17) is 16.7 Å². The third-order valence-corrected chi connectivity index (χ3v) is 6.55. The zero-order valence-electron chi connectivity index (χ0n) is 9.59. The molecule has 0 aliphatic heterocycles. The molecule has 8 heteroatoms. The fraction of sp³-hybridized carbons (Fsp3) is 0.500. The minimum Gasteiger partial charge on any atom is -0.480 e. The summed E-state index contributed by atoms with van der Waals surface area (Å²) in [5.41, 5.74) is 0.686. The summed E-state index contributed by atoms with van der Waals surface area (Å²) in [5, 5.41) is 8.80. The van der Waals surface area contributed by atoms with Crippen LogP contribution >= 0.6 is 22.9 Å². The number of hydrogen-bond acceptors (Lipinski definition) is 4. The highest BCUT2D eigenvalue weighted by Crippen LogP contribution is 2.36. The number of sulfonamides is 1. The van der Waals surface area contributed by atoms with Gasteiger partial charge >= 0.3 is 5.97 Å². The number of halogens is 1. The van der Waals surface area contributed by atoms with Gasteiger partial charge in [0.15, 0.2) is 0 Å². The van der Waals surface area contributed by atoms with Gasteiger partial charge in [-0.25, -0.2) is 8.42 Å². The Bertz CT molecular complexity index is 557. The molecule has 0 aromatic carbocycles. The molecule has 1 aromatic heterocycles. The van der Waals surface area contributed by atoms with Crippen LogP contribution in [-0.4, -0.2) is 36.4 Å². The average molecular weight is 310 g/mol. The molecule has 0 amide bonds. The lowest BCUT2D eigenvalue weighted by atomic mass is 10.4. The third-order valence-electron chi connectivity index (χ3n) is 2.64. The van der Waals surface area contributed by atoms with Crippen molar-refractivity contribution in [2.24, 2.45) is 0 Å². The first-order chi connectivity index (χ1) is 8.32. The number of aliphatic carboxylic acids is 1. The SMILES string of the molecule is Cc1cc(S(=O)(=O)N(CC(=O)O)C2CC2)sc1Cl. The molecular formula is C10H12ClNO4S2. The van der Waals surface area contributed by atoms with Crippen molar-refractivity contribution in [1.82, 2.24) is 4.31 Å². The van der Waals surface area contributed by atoms with E-state index in [2.05, 4.69) is 0 Å². The molecular weight excluding hydrogens is 298 g/mol. The topological polar surface area (TPSA) is 74.7 Å². The molecule has 0 atom stereocenters. The van der Waals surface area contributed by atoms with E-state index in [1.807, 2.05) is 0 Å². The van der Waals surface area contributed by atoms with Gasteiger partial charge in [0, 0.05) is 6.04 Å². The van der Waals surface area contributed by atoms with E-state index in [-0.39, 0.29) is 10.3 Å². The fourth-order valence-corrected chi connectivity index (χ4v) is 5.05. The van der Waals surface area contributed by atoms with Crippen molar-refractivity contribution in [3.8, 4) is 0 Å². The second-order valence-electron chi connectivity index (χ2n) is 4.20. The Morgan fingerprint density at radius 3 is 2.61 bits per heavy atom. The molecule has 1 heterocycles. The fourth-order valence-electron chi connectivity index (χ4n) is 1.58. The van der Waals surface area contributed by atoms with Gasteiger partial charge in [-0.3, -0.25) is 4.79 Å². The monoisotopic (exact) mass is 309 g/mol. The molecule has 1 aliphatic carbocycles. The average Bonchev–Trinajstić information content (AvgIpc) is 3.02. The van der Waals surface area contributed by atoms with Crippen molar-refractivity contribution < 1.29 is 18.3 Å². The van der Waals surface area contributed by atoms with Crippen molar-refractivity contribution in [3.05, 3.63) is 16.0 Å². The number of carbonyl (C=O) groups is 1. The summed E-state index contributed by atoms with van der Waals surface area (Å²) in [6, 6.07) is 1.30. The van der Waals surface area contributed by atoms with Crippen LogP contribution in [0.15, 0.2) is 10.3 Å². The molecule has 0 unspecified atom stereocenters. The number of thiophene rings is 1. The Morgan fingerprint density at radius 1 is 1.61 bits per heavy atom. The molecule has 0 radical (unpaired) electrons. The number of carboxylic acid groups (broad SMARTS) is 1. The highest BCUT2D eigenvalue weighted by atomic mass is 35.5. The molecule has 1 aromatic rings. The van der Waals surface area contributed by atoms with Crippen molar-refractivity contribution in [2.75, 3.05) is 6.54 Å². The highest BCUT2D eigenvalue weighted by Gasteiger charge is 2.40. The van der Waals surface area contributed by atoms with Crippen LogP contribution in [0.25, 0.3) is 0 Å². The number of nitrogens with zero attached hydrogens (tertiary/aromatic N) is 1. The van der Waals surface area contributed by atoms with Gasteiger partial charge in [0.2, 0.25) is 0 Å². The maximum absolute atomic E-state index is 12.3. The van der Waals surface area contributed by atoms with Gasteiger partial charge in [-0.05, 0) is 31.4 Å². The van der Waals surface area contributed by atoms with Crippen LogP contribution in [0, 0.1) is 6.92 Å².